The van der Waals surface area contributed by atoms with E-state index in [4.69, 9.17) is 9.15 Å². The highest BCUT2D eigenvalue weighted by molar-refractivity contribution is 5.73. The van der Waals surface area contributed by atoms with Gasteiger partial charge in [0.15, 0.2) is 0 Å². The van der Waals surface area contributed by atoms with E-state index in [1.807, 2.05) is 31.2 Å². The van der Waals surface area contributed by atoms with Crippen LogP contribution in [0.25, 0.3) is 11.5 Å². The van der Waals surface area contributed by atoms with E-state index >= 15 is 0 Å². The minimum atomic E-state index is -4.60. The molecular weight excluding hydrogens is 361 g/mol. The average Bonchev–Trinajstić information content (AvgIpc) is 3.09. The van der Waals surface area contributed by atoms with Gasteiger partial charge in [0, 0.05) is 12.0 Å². The number of carbonyl (C=O) groups is 1. The quantitative estimate of drug-likeness (QED) is 0.481. The Morgan fingerprint density at radius 1 is 1.07 bits per heavy atom. The minimum absolute atomic E-state index is 0.0614. The molecule has 0 fully saturated rings. The average molecular weight is 376 g/mol. The fraction of sp³-hybridized carbons (Fsp3) is 0.211. The van der Waals surface area contributed by atoms with Gasteiger partial charge in [-0.15, -0.1) is 10.2 Å². The van der Waals surface area contributed by atoms with Crippen LogP contribution in [0.4, 0.5) is 13.2 Å². The Balaban J connectivity index is 1.61. The number of halogens is 3. The van der Waals surface area contributed by atoms with Crippen LogP contribution in [0, 0.1) is 6.92 Å². The fourth-order valence-corrected chi connectivity index (χ4v) is 2.34. The lowest BCUT2D eigenvalue weighted by atomic mass is 10.1. The summed E-state index contributed by atoms with van der Waals surface area (Å²) in [5.41, 5.74) is 0.819. The van der Waals surface area contributed by atoms with Crippen LogP contribution in [0.15, 0.2) is 52.9 Å². The highest BCUT2D eigenvalue weighted by atomic mass is 19.4. The van der Waals surface area contributed by atoms with Gasteiger partial charge in [-0.2, -0.15) is 13.2 Å². The highest BCUT2D eigenvalue weighted by Gasteiger charge is 2.34. The van der Waals surface area contributed by atoms with Gasteiger partial charge in [-0.05, 0) is 31.2 Å². The third kappa shape index (κ3) is 4.72. The Morgan fingerprint density at radius 3 is 2.48 bits per heavy atom. The second kappa shape index (κ2) is 7.61. The topological polar surface area (TPSA) is 65.2 Å². The molecule has 0 aliphatic rings. The van der Waals surface area contributed by atoms with Gasteiger partial charge >= 0.3 is 12.1 Å². The van der Waals surface area contributed by atoms with E-state index < -0.39 is 23.5 Å². The molecule has 3 rings (SSSR count). The first kappa shape index (κ1) is 18.6. The molecule has 0 saturated heterocycles. The minimum Gasteiger partial charge on any atom is -0.426 e. The predicted molar refractivity (Wildman–Crippen MR) is 89.9 cm³/mol. The molecule has 0 aliphatic heterocycles. The normalized spacial score (nSPS) is 11.4. The van der Waals surface area contributed by atoms with Crippen molar-refractivity contribution in [3.8, 4) is 17.2 Å². The number of ether oxygens (including phenoxy) is 1. The van der Waals surface area contributed by atoms with Crippen LogP contribution in [0.5, 0.6) is 5.75 Å². The number of esters is 1. The van der Waals surface area contributed by atoms with Crippen molar-refractivity contribution in [2.75, 3.05) is 0 Å². The summed E-state index contributed by atoms with van der Waals surface area (Å²) >= 11 is 0. The number of nitrogens with zero attached hydrogens (tertiary/aromatic N) is 2. The molecule has 5 nitrogen and oxygen atoms in total. The first-order chi connectivity index (χ1) is 12.8. The summed E-state index contributed by atoms with van der Waals surface area (Å²) < 4.78 is 49.1. The molecule has 0 unspecified atom stereocenters. The number of aromatic nitrogens is 2. The van der Waals surface area contributed by atoms with Crippen molar-refractivity contribution < 1.29 is 27.1 Å². The third-order valence-corrected chi connectivity index (χ3v) is 3.72. The molecular formula is C19H15F3N2O3. The highest BCUT2D eigenvalue weighted by Crippen LogP contribution is 2.36. The first-order valence-electron chi connectivity index (χ1n) is 8.09. The monoisotopic (exact) mass is 376 g/mol. The number of carbonyl (C=O) groups excluding carboxylic acids is 1. The van der Waals surface area contributed by atoms with Crippen LogP contribution in [-0.2, 0) is 17.4 Å². The Hall–Kier alpha value is -3.16. The number of benzene rings is 2. The largest absolute Gasteiger partial charge is 0.426 e. The summed E-state index contributed by atoms with van der Waals surface area (Å²) in [5, 5.41) is 7.75. The molecule has 0 bridgehead atoms. The number of hydrogen-bond acceptors (Lipinski definition) is 5. The van der Waals surface area contributed by atoms with E-state index in [9.17, 15) is 18.0 Å². The van der Waals surface area contributed by atoms with E-state index in [0.29, 0.717) is 5.89 Å². The molecule has 0 aliphatic carbocycles. The maximum atomic E-state index is 12.9. The number of aryl methyl sites for hydroxylation is 2. The molecule has 0 saturated carbocycles. The molecule has 0 spiro atoms. The Kier molecular flexibility index (Phi) is 5.25. The summed E-state index contributed by atoms with van der Waals surface area (Å²) in [7, 11) is 0. The molecule has 3 aromatic rings. The Bertz CT molecular complexity index is 934. The van der Waals surface area contributed by atoms with Crippen molar-refractivity contribution in [1.29, 1.82) is 0 Å². The van der Waals surface area contributed by atoms with Crippen molar-refractivity contribution >= 4 is 5.97 Å². The maximum absolute atomic E-state index is 12.9. The zero-order valence-electron chi connectivity index (χ0n) is 14.3. The van der Waals surface area contributed by atoms with Gasteiger partial charge in [0.1, 0.15) is 5.75 Å². The van der Waals surface area contributed by atoms with Crippen LogP contribution < -0.4 is 4.74 Å². The lowest BCUT2D eigenvalue weighted by Crippen LogP contribution is -2.14. The first-order valence-corrected chi connectivity index (χ1v) is 8.09. The lowest BCUT2D eigenvalue weighted by molar-refractivity contribution is -0.142. The van der Waals surface area contributed by atoms with E-state index in [1.165, 1.54) is 12.1 Å². The number of alkyl halides is 3. The lowest BCUT2D eigenvalue weighted by Gasteiger charge is -2.12. The number of hydrogen-bond donors (Lipinski definition) is 0. The molecule has 2 aromatic carbocycles. The van der Waals surface area contributed by atoms with Gasteiger partial charge in [-0.1, -0.05) is 29.8 Å². The SMILES string of the molecule is Cc1ccc(-c2nnc(CCC(=O)Oc3ccccc3C(F)(F)F)o2)cc1. The van der Waals surface area contributed by atoms with Crippen LogP contribution in [0.2, 0.25) is 0 Å². The van der Waals surface area contributed by atoms with Crippen LogP contribution >= 0.6 is 0 Å². The summed E-state index contributed by atoms with van der Waals surface area (Å²) in [6, 6.07) is 12.0. The Labute approximate surface area is 152 Å². The van der Waals surface area contributed by atoms with E-state index in [-0.39, 0.29) is 18.7 Å². The second-order valence-corrected chi connectivity index (χ2v) is 5.83. The smallest absolute Gasteiger partial charge is 0.419 e. The van der Waals surface area contributed by atoms with Gasteiger partial charge in [0.05, 0.1) is 12.0 Å². The molecule has 0 amide bonds. The molecule has 140 valence electrons. The standard InChI is InChI=1S/C19H15F3N2O3/c1-12-6-8-13(9-7-12)18-24-23-16(27-18)10-11-17(25)26-15-5-3-2-4-14(15)19(20,21)22/h2-9H,10-11H2,1H3. The van der Waals surface area contributed by atoms with Crippen LogP contribution in [0.1, 0.15) is 23.4 Å². The maximum Gasteiger partial charge on any atom is 0.419 e. The van der Waals surface area contributed by atoms with Gasteiger partial charge in [0.25, 0.3) is 0 Å². The van der Waals surface area contributed by atoms with Crippen molar-refractivity contribution in [3.63, 3.8) is 0 Å². The zero-order valence-corrected chi connectivity index (χ0v) is 14.3. The summed E-state index contributed by atoms with van der Waals surface area (Å²) in [5.74, 6) is -0.838. The molecule has 0 radical (unpaired) electrons. The summed E-state index contributed by atoms with van der Waals surface area (Å²) in [6.45, 7) is 1.95. The number of rotatable bonds is 5. The second-order valence-electron chi connectivity index (χ2n) is 5.83. The molecule has 1 aromatic heterocycles. The van der Waals surface area contributed by atoms with Crippen molar-refractivity contribution in [3.05, 3.63) is 65.5 Å². The van der Waals surface area contributed by atoms with Gasteiger partial charge in [0.2, 0.25) is 11.8 Å². The van der Waals surface area contributed by atoms with Crippen molar-refractivity contribution in [2.45, 2.75) is 25.9 Å². The van der Waals surface area contributed by atoms with Gasteiger partial charge in [-0.3, -0.25) is 4.79 Å². The Morgan fingerprint density at radius 2 is 1.78 bits per heavy atom. The molecule has 27 heavy (non-hydrogen) atoms. The fourth-order valence-electron chi connectivity index (χ4n) is 2.34. The third-order valence-electron chi connectivity index (χ3n) is 3.72. The molecule has 8 heteroatoms. The molecule has 1 heterocycles. The predicted octanol–water partition coefficient (Wildman–Crippen LogP) is 4.60. The van der Waals surface area contributed by atoms with Crippen molar-refractivity contribution in [2.24, 2.45) is 0 Å². The van der Waals surface area contributed by atoms with Crippen LogP contribution in [-0.4, -0.2) is 16.2 Å². The zero-order chi connectivity index (χ0) is 19.4. The molecule has 0 atom stereocenters. The number of para-hydroxylation sites is 1. The van der Waals surface area contributed by atoms with Crippen LogP contribution in [0.3, 0.4) is 0 Å². The van der Waals surface area contributed by atoms with Crippen molar-refractivity contribution in [1.82, 2.24) is 10.2 Å². The molecule has 0 N–H and O–H groups in total. The van der Waals surface area contributed by atoms with E-state index in [0.717, 1.165) is 23.3 Å². The van der Waals surface area contributed by atoms with E-state index in [1.54, 1.807) is 0 Å². The van der Waals surface area contributed by atoms with Gasteiger partial charge < -0.3 is 9.15 Å². The van der Waals surface area contributed by atoms with E-state index in [2.05, 4.69) is 10.2 Å². The van der Waals surface area contributed by atoms with Gasteiger partial charge in [-0.25, -0.2) is 0 Å². The summed E-state index contributed by atoms with van der Waals surface area (Å²) in [4.78, 5) is 11.9. The summed E-state index contributed by atoms with van der Waals surface area (Å²) in [6.07, 6.45) is -4.74.